The highest BCUT2D eigenvalue weighted by atomic mass is 16.3. The van der Waals surface area contributed by atoms with E-state index in [0.717, 1.165) is 16.6 Å². The molecule has 0 spiro atoms. The first-order valence-electron chi connectivity index (χ1n) is 5.23. The average Bonchev–Trinajstić information content (AvgIpc) is 2.26. The van der Waals surface area contributed by atoms with Crippen LogP contribution in [0.5, 0.6) is 0 Å². The predicted octanol–water partition coefficient (Wildman–Crippen LogP) is 1.61. The van der Waals surface area contributed by atoms with Crippen molar-refractivity contribution in [2.75, 3.05) is 17.6 Å². The van der Waals surface area contributed by atoms with Gasteiger partial charge in [0.05, 0.1) is 6.10 Å². The molecule has 1 aromatic heterocycles. The maximum absolute atomic E-state index is 9.23. The van der Waals surface area contributed by atoms with Crippen LogP contribution in [-0.2, 0) is 0 Å². The normalized spacial score (nSPS) is 12.6. The van der Waals surface area contributed by atoms with Gasteiger partial charge in [-0.2, -0.15) is 0 Å². The molecule has 0 radical (unpaired) electrons. The first-order chi connectivity index (χ1) is 7.66. The molecular weight excluding hydrogens is 202 g/mol. The summed E-state index contributed by atoms with van der Waals surface area (Å²) in [5, 5.41) is 14.4. The zero-order chi connectivity index (χ0) is 11.5. The fraction of sp³-hybridized carbons (Fsp3) is 0.250. The fourth-order valence-corrected chi connectivity index (χ4v) is 1.57. The number of benzene rings is 1. The van der Waals surface area contributed by atoms with Gasteiger partial charge in [-0.05, 0) is 30.5 Å². The van der Waals surface area contributed by atoms with E-state index in [1.807, 2.05) is 24.3 Å². The Morgan fingerprint density at radius 1 is 1.44 bits per heavy atom. The maximum atomic E-state index is 9.23. The Morgan fingerprint density at radius 3 is 3.00 bits per heavy atom. The van der Waals surface area contributed by atoms with E-state index >= 15 is 0 Å². The molecule has 16 heavy (non-hydrogen) atoms. The SMILES string of the molecule is CC(O)CNc1nccc2ccc(N)cc12. The summed E-state index contributed by atoms with van der Waals surface area (Å²) in [6.07, 6.45) is 1.33. The number of fused-ring (bicyclic) bond motifs is 1. The van der Waals surface area contributed by atoms with E-state index < -0.39 is 6.10 Å². The molecule has 1 heterocycles. The number of nitrogen functional groups attached to an aromatic ring is 1. The van der Waals surface area contributed by atoms with Gasteiger partial charge in [-0.3, -0.25) is 0 Å². The number of hydrogen-bond donors (Lipinski definition) is 3. The number of nitrogens with zero attached hydrogens (tertiary/aromatic N) is 1. The summed E-state index contributed by atoms with van der Waals surface area (Å²) in [7, 11) is 0. The van der Waals surface area contributed by atoms with Crippen molar-refractivity contribution in [1.82, 2.24) is 4.98 Å². The molecule has 1 atom stereocenters. The van der Waals surface area contributed by atoms with Gasteiger partial charge in [0, 0.05) is 23.8 Å². The zero-order valence-electron chi connectivity index (χ0n) is 9.14. The lowest BCUT2D eigenvalue weighted by Crippen LogP contribution is -2.16. The van der Waals surface area contributed by atoms with Crippen molar-refractivity contribution in [2.45, 2.75) is 13.0 Å². The summed E-state index contributed by atoms with van der Waals surface area (Å²) >= 11 is 0. The third-order valence-corrected chi connectivity index (χ3v) is 2.36. The topological polar surface area (TPSA) is 71.2 Å². The molecule has 4 N–H and O–H groups in total. The van der Waals surface area contributed by atoms with Crippen LogP contribution in [0.25, 0.3) is 10.8 Å². The maximum Gasteiger partial charge on any atom is 0.133 e. The summed E-state index contributed by atoms with van der Waals surface area (Å²) in [6.45, 7) is 2.20. The highest BCUT2D eigenvalue weighted by molar-refractivity contribution is 5.93. The molecule has 2 rings (SSSR count). The van der Waals surface area contributed by atoms with Gasteiger partial charge in [-0.25, -0.2) is 4.98 Å². The van der Waals surface area contributed by atoms with Crippen LogP contribution in [0.2, 0.25) is 0 Å². The van der Waals surface area contributed by atoms with Crippen LogP contribution in [0, 0.1) is 0 Å². The Kier molecular flexibility index (Phi) is 2.92. The lowest BCUT2D eigenvalue weighted by Gasteiger charge is -2.10. The van der Waals surface area contributed by atoms with Crippen molar-refractivity contribution in [3.05, 3.63) is 30.5 Å². The minimum Gasteiger partial charge on any atom is -0.399 e. The zero-order valence-corrected chi connectivity index (χ0v) is 9.14. The molecule has 84 valence electrons. The molecule has 0 amide bonds. The Balaban J connectivity index is 2.40. The largest absolute Gasteiger partial charge is 0.399 e. The highest BCUT2D eigenvalue weighted by Crippen LogP contribution is 2.23. The Labute approximate surface area is 94.1 Å². The number of aliphatic hydroxyl groups is 1. The van der Waals surface area contributed by atoms with Crippen LogP contribution in [0.3, 0.4) is 0 Å². The molecule has 2 aromatic rings. The molecule has 1 aromatic carbocycles. The third-order valence-electron chi connectivity index (χ3n) is 2.36. The summed E-state index contributed by atoms with van der Waals surface area (Å²) in [5.74, 6) is 0.755. The van der Waals surface area contributed by atoms with Crippen LogP contribution >= 0.6 is 0 Å². The van der Waals surface area contributed by atoms with E-state index in [0.29, 0.717) is 12.2 Å². The minimum atomic E-state index is -0.405. The van der Waals surface area contributed by atoms with Crippen molar-refractivity contribution in [3.8, 4) is 0 Å². The third kappa shape index (κ3) is 2.23. The van der Waals surface area contributed by atoms with Crippen molar-refractivity contribution < 1.29 is 5.11 Å². The molecule has 0 bridgehead atoms. The number of pyridine rings is 1. The summed E-state index contributed by atoms with van der Waals surface area (Å²) in [6, 6.07) is 7.63. The van der Waals surface area contributed by atoms with Gasteiger partial charge in [0.2, 0.25) is 0 Å². The van der Waals surface area contributed by atoms with Gasteiger partial charge in [0.1, 0.15) is 5.82 Å². The molecule has 1 unspecified atom stereocenters. The van der Waals surface area contributed by atoms with Crippen LogP contribution in [0.15, 0.2) is 30.5 Å². The molecule has 0 saturated carbocycles. The standard InChI is InChI=1S/C12H15N3O/c1-8(16)7-15-12-11-6-10(13)3-2-9(11)4-5-14-12/h2-6,8,16H,7,13H2,1H3,(H,14,15). The number of aromatic nitrogens is 1. The van der Waals surface area contributed by atoms with E-state index in [1.54, 1.807) is 13.1 Å². The molecule has 0 saturated heterocycles. The molecule has 4 heteroatoms. The van der Waals surface area contributed by atoms with E-state index in [2.05, 4.69) is 10.3 Å². The number of hydrogen-bond acceptors (Lipinski definition) is 4. The molecule has 0 fully saturated rings. The van der Waals surface area contributed by atoms with Crippen LogP contribution in [-0.4, -0.2) is 22.7 Å². The number of anilines is 2. The summed E-state index contributed by atoms with van der Waals surface area (Å²) < 4.78 is 0. The van der Waals surface area contributed by atoms with Crippen molar-refractivity contribution in [1.29, 1.82) is 0 Å². The van der Waals surface area contributed by atoms with Crippen molar-refractivity contribution in [2.24, 2.45) is 0 Å². The van der Waals surface area contributed by atoms with Crippen LogP contribution < -0.4 is 11.1 Å². The molecule has 0 aliphatic rings. The predicted molar refractivity (Wildman–Crippen MR) is 66.3 cm³/mol. The van der Waals surface area contributed by atoms with E-state index in [9.17, 15) is 5.11 Å². The van der Waals surface area contributed by atoms with Gasteiger partial charge in [0.25, 0.3) is 0 Å². The quantitative estimate of drug-likeness (QED) is 0.683. The van der Waals surface area contributed by atoms with Crippen LogP contribution in [0.1, 0.15) is 6.92 Å². The van der Waals surface area contributed by atoms with Crippen molar-refractivity contribution in [3.63, 3.8) is 0 Å². The highest BCUT2D eigenvalue weighted by Gasteiger charge is 2.03. The minimum absolute atomic E-state index is 0.405. The smallest absolute Gasteiger partial charge is 0.133 e. The van der Waals surface area contributed by atoms with Crippen molar-refractivity contribution >= 4 is 22.3 Å². The first kappa shape index (κ1) is 10.7. The fourth-order valence-electron chi connectivity index (χ4n) is 1.57. The summed E-state index contributed by atoms with van der Waals surface area (Å²) in [5.41, 5.74) is 6.45. The van der Waals surface area contributed by atoms with E-state index in [-0.39, 0.29) is 0 Å². The number of rotatable bonds is 3. The Morgan fingerprint density at radius 2 is 2.25 bits per heavy atom. The van der Waals surface area contributed by atoms with Gasteiger partial charge in [0.15, 0.2) is 0 Å². The first-order valence-corrected chi connectivity index (χ1v) is 5.23. The lowest BCUT2D eigenvalue weighted by atomic mass is 10.1. The molecule has 0 aliphatic carbocycles. The van der Waals surface area contributed by atoms with Gasteiger partial charge < -0.3 is 16.2 Å². The Hall–Kier alpha value is -1.81. The molecule has 4 nitrogen and oxygen atoms in total. The van der Waals surface area contributed by atoms with E-state index in [4.69, 9.17) is 5.73 Å². The number of aliphatic hydroxyl groups excluding tert-OH is 1. The second-order valence-electron chi connectivity index (χ2n) is 3.87. The number of nitrogens with two attached hydrogens (primary N) is 1. The summed E-state index contributed by atoms with van der Waals surface area (Å²) in [4.78, 5) is 4.24. The molecular formula is C12H15N3O. The lowest BCUT2D eigenvalue weighted by molar-refractivity contribution is 0.208. The monoisotopic (exact) mass is 217 g/mol. The van der Waals surface area contributed by atoms with E-state index in [1.165, 1.54) is 0 Å². The molecule has 0 aliphatic heterocycles. The van der Waals surface area contributed by atoms with Gasteiger partial charge in [-0.15, -0.1) is 0 Å². The Bertz CT molecular complexity index is 497. The second-order valence-corrected chi connectivity index (χ2v) is 3.87. The van der Waals surface area contributed by atoms with Gasteiger partial charge in [-0.1, -0.05) is 6.07 Å². The second kappa shape index (κ2) is 4.37. The average molecular weight is 217 g/mol. The van der Waals surface area contributed by atoms with Crippen LogP contribution in [0.4, 0.5) is 11.5 Å². The van der Waals surface area contributed by atoms with Gasteiger partial charge >= 0.3 is 0 Å². The number of nitrogens with one attached hydrogen (secondary N) is 1.